The zero-order valence-electron chi connectivity index (χ0n) is 13.8. The van der Waals surface area contributed by atoms with E-state index >= 15 is 0 Å². The molecule has 0 aromatic carbocycles. The van der Waals surface area contributed by atoms with Crippen LogP contribution in [-0.4, -0.2) is 26.9 Å². The zero-order chi connectivity index (χ0) is 16.0. The quantitative estimate of drug-likeness (QED) is 0.837. The first kappa shape index (κ1) is 14.9. The van der Waals surface area contributed by atoms with E-state index in [0.29, 0.717) is 31.3 Å². The van der Waals surface area contributed by atoms with Crippen LogP contribution in [0.4, 0.5) is 0 Å². The fourth-order valence-electron chi connectivity index (χ4n) is 4.52. The molecule has 5 nitrogen and oxygen atoms in total. The topological polar surface area (TPSA) is 55.2 Å². The summed E-state index contributed by atoms with van der Waals surface area (Å²) in [5.41, 5.74) is 1.62. The Bertz CT molecular complexity index is 675. The molecule has 0 bridgehead atoms. The first-order valence-electron chi connectivity index (χ1n) is 8.97. The number of fused-ring (bicyclic) bond motifs is 1. The van der Waals surface area contributed by atoms with Crippen LogP contribution in [0.25, 0.3) is 0 Å². The van der Waals surface area contributed by atoms with Crippen LogP contribution >= 0.6 is 0 Å². The smallest absolute Gasteiger partial charge is 0.256 e. The molecule has 23 heavy (non-hydrogen) atoms. The molecule has 1 aromatic heterocycles. The second kappa shape index (κ2) is 5.77. The Kier molecular flexibility index (Phi) is 3.74. The van der Waals surface area contributed by atoms with Crippen LogP contribution < -0.4 is 5.56 Å². The van der Waals surface area contributed by atoms with Crippen LogP contribution in [0.15, 0.2) is 11.1 Å². The minimum Gasteiger partial charge on any atom is -0.336 e. The van der Waals surface area contributed by atoms with Gasteiger partial charge < -0.3 is 9.47 Å². The molecule has 2 atom stereocenters. The van der Waals surface area contributed by atoms with Crippen molar-refractivity contribution in [1.29, 1.82) is 0 Å². The van der Waals surface area contributed by atoms with E-state index in [4.69, 9.17) is 0 Å². The van der Waals surface area contributed by atoms with Crippen LogP contribution in [0.5, 0.6) is 0 Å². The highest BCUT2D eigenvalue weighted by Gasteiger charge is 2.49. The lowest BCUT2D eigenvalue weighted by Gasteiger charge is -2.29. The Labute approximate surface area is 136 Å². The standard InChI is InChI=1S/C18H25N3O2/c1-20-11-19-16-10-21(8-7-13(16)17(20)22)18(23)15-9-14(15)12-5-3-2-4-6-12/h11-12,14-15H,2-10H2,1H3/t14-,15+/m0/s1. The Balaban J connectivity index is 1.43. The summed E-state index contributed by atoms with van der Waals surface area (Å²) in [6.45, 7) is 1.18. The summed E-state index contributed by atoms with van der Waals surface area (Å²) in [5, 5.41) is 0. The molecule has 4 rings (SSSR count). The third kappa shape index (κ3) is 2.70. The number of hydrogen-bond donors (Lipinski definition) is 0. The molecule has 0 saturated heterocycles. The lowest BCUT2D eigenvalue weighted by Crippen LogP contribution is -2.41. The number of nitrogens with zero attached hydrogens (tertiary/aromatic N) is 3. The predicted molar refractivity (Wildman–Crippen MR) is 86.8 cm³/mol. The van der Waals surface area contributed by atoms with Gasteiger partial charge in [-0.15, -0.1) is 0 Å². The fourth-order valence-corrected chi connectivity index (χ4v) is 4.52. The average molecular weight is 315 g/mol. The number of carbonyl (C=O) groups excluding carboxylic acids is 1. The van der Waals surface area contributed by atoms with E-state index in [9.17, 15) is 9.59 Å². The average Bonchev–Trinajstić information content (AvgIpc) is 3.39. The van der Waals surface area contributed by atoms with Crippen molar-refractivity contribution in [3.05, 3.63) is 27.9 Å². The number of carbonyl (C=O) groups is 1. The van der Waals surface area contributed by atoms with Crippen molar-refractivity contribution < 1.29 is 4.79 Å². The molecule has 1 aliphatic heterocycles. The van der Waals surface area contributed by atoms with Gasteiger partial charge in [-0.05, 0) is 24.7 Å². The SMILES string of the molecule is Cn1cnc2c(c1=O)CCN(C(=O)[C@@H]1C[C@H]1C1CCCCC1)C2. The molecule has 0 unspecified atom stereocenters. The van der Waals surface area contributed by atoms with Gasteiger partial charge in [-0.25, -0.2) is 4.98 Å². The normalized spacial score (nSPS) is 27.6. The minimum absolute atomic E-state index is 0.0357. The number of rotatable bonds is 2. The van der Waals surface area contributed by atoms with Crippen molar-refractivity contribution in [1.82, 2.24) is 14.5 Å². The summed E-state index contributed by atoms with van der Waals surface area (Å²) >= 11 is 0. The van der Waals surface area contributed by atoms with E-state index in [1.54, 1.807) is 13.4 Å². The van der Waals surface area contributed by atoms with Gasteiger partial charge in [0.05, 0.1) is 18.6 Å². The second-order valence-electron chi connectivity index (χ2n) is 7.50. The molecule has 2 saturated carbocycles. The molecule has 2 fully saturated rings. The molecule has 3 aliphatic rings. The maximum absolute atomic E-state index is 12.8. The molecule has 5 heteroatoms. The summed E-state index contributed by atoms with van der Waals surface area (Å²) in [6.07, 6.45) is 9.96. The molecule has 124 valence electrons. The predicted octanol–water partition coefficient (Wildman–Crippen LogP) is 1.88. The molecule has 2 heterocycles. The van der Waals surface area contributed by atoms with Crippen molar-refractivity contribution in [3.63, 3.8) is 0 Å². The van der Waals surface area contributed by atoms with E-state index < -0.39 is 0 Å². The molecule has 1 amide bonds. The highest BCUT2D eigenvalue weighted by molar-refractivity contribution is 5.82. The number of aryl methyl sites for hydroxylation is 1. The van der Waals surface area contributed by atoms with E-state index in [1.807, 2.05) is 4.90 Å². The van der Waals surface area contributed by atoms with Crippen LogP contribution in [0, 0.1) is 17.8 Å². The lowest BCUT2D eigenvalue weighted by atomic mass is 9.85. The lowest BCUT2D eigenvalue weighted by molar-refractivity contribution is -0.134. The third-order valence-electron chi connectivity index (χ3n) is 6.01. The van der Waals surface area contributed by atoms with Gasteiger partial charge in [-0.2, -0.15) is 0 Å². The summed E-state index contributed by atoms with van der Waals surface area (Å²) in [5.74, 6) is 1.95. The molecular weight excluding hydrogens is 290 g/mol. The number of amides is 1. The van der Waals surface area contributed by atoms with Gasteiger partial charge >= 0.3 is 0 Å². The van der Waals surface area contributed by atoms with Gasteiger partial charge in [-0.3, -0.25) is 9.59 Å². The van der Waals surface area contributed by atoms with E-state index in [-0.39, 0.29) is 11.5 Å². The summed E-state index contributed by atoms with van der Waals surface area (Å²) in [4.78, 5) is 31.2. The van der Waals surface area contributed by atoms with Crippen LogP contribution in [-0.2, 0) is 24.8 Å². The summed E-state index contributed by atoms with van der Waals surface area (Å²) in [6, 6.07) is 0. The van der Waals surface area contributed by atoms with Crippen molar-refractivity contribution in [3.8, 4) is 0 Å². The van der Waals surface area contributed by atoms with Gasteiger partial charge in [0.25, 0.3) is 5.56 Å². The van der Waals surface area contributed by atoms with E-state index in [2.05, 4.69) is 4.98 Å². The first-order chi connectivity index (χ1) is 11.1. The monoisotopic (exact) mass is 315 g/mol. The Morgan fingerprint density at radius 3 is 2.83 bits per heavy atom. The van der Waals surface area contributed by atoms with Crippen molar-refractivity contribution in [2.75, 3.05) is 6.54 Å². The van der Waals surface area contributed by atoms with Crippen molar-refractivity contribution in [2.45, 2.75) is 51.5 Å². The largest absolute Gasteiger partial charge is 0.336 e. The summed E-state index contributed by atoms with van der Waals surface area (Å²) in [7, 11) is 1.73. The van der Waals surface area contributed by atoms with Crippen LogP contribution in [0.3, 0.4) is 0 Å². The van der Waals surface area contributed by atoms with Gasteiger partial charge in [-0.1, -0.05) is 32.1 Å². The van der Waals surface area contributed by atoms with Gasteiger partial charge in [0.1, 0.15) is 0 Å². The number of aromatic nitrogens is 2. The van der Waals surface area contributed by atoms with E-state index in [0.717, 1.165) is 23.6 Å². The van der Waals surface area contributed by atoms with Crippen LogP contribution in [0.1, 0.15) is 49.8 Å². The molecule has 2 aliphatic carbocycles. The maximum atomic E-state index is 12.8. The number of hydrogen-bond acceptors (Lipinski definition) is 3. The van der Waals surface area contributed by atoms with E-state index in [1.165, 1.54) is 36.7 Å². The minimum atomic E-state index is 0.0357. The Morgan fingerprint density at radius 2 is 2.04 bits per heavy atom. The third-order valence-corrected chi connectivity index (χ3v) is 6.01. The highest BCUT2D eigenvalue weighted by atomic mass is 16.2. The zero-order valence-corrected chi connectivity index (χ0v) is 13.8. The van der Waals surface area contributed by atoms with Crippen molar-refractivity contribution in [2.24, 2.45) is 24.8 Å². The second-order valence-corrected chi connectivity index (χ2v) is 7.50. The molecule has 0 radical (unpaired) electrons. The fraction of sp³-hybridized carbons (Fsp3) is 0.722. The first-order valence-corrected chi connectivity index (χ1v) is 8.97. The van der Waals surface area contributed by atoms with Gasteiger partial charge in [0, 0.05) is 25.1 Å². The van der Waals surface area contributed by atoms with Crippen LogP contribution in [0.2, 0.25) is 0 Å². The Hall–Kier alpha value is -1.65. The van der Waals surface area contributed by atoms with Crippen molar-refractivity contribution >= 4 is 5.91 Å². The molecule has 1 aromatic rings. The van der Waals surface area contributed by atoms with Gasteiger partial charge in [0.2, 0.25) is 5.91 Å². The summed E-state index contributed by atoms with van der Waals surface area (Å²) < 4.78 is 1.52. The highest BCUT2D eigenvalue weighted by Crippen LogP contribution is 2.50. The van der Waals surface area contributed by atoms with Gasteiger partial charge in [0.15, 0.2) is 0 Å². The Morgan fingerprint density at radius 1 is 1.26 bits per heavy atom. The molecular formula is C18H25N3O2. The molecule has 0 N–H and O–H groups in total. The maximum Gasteiger partial charge on any atom is 0.256 e. The molecule has 0 spiro atoms.